The molecule has 76 valence electrons. The maximum atomic E-state index is 11.4. The first kappa shape index (κ1) is 11.0. The predicted octanol–water partition coefficient (Wildman–Crippen LogP) is 1.26. The highest BCUT2D eigenvalue weighted by molar-refractivity contribution is 9.09. The summed E-state index contributed by atoms with van der Waals surface area (Å²) in [5.74, 6) is 0.639. The van der Waals surface area contributed by atoms with Crippen molar-refractivity contribution in [3.05, 3.63) is 0 Å². The third-order valence-electron chi connectivity index (χ3n) is 2.30. The van der Waals surface area contributed by atoms with Crippen molar-refractivity contribution in [1.29, 1.82) is 0 Å². The predicted molar refractivity (Wildman–Crippen MR) is 55.0 cm³/mol. The Morgan fingerprint density at radius 1 is 1.69 bits per heavy atom. The van der Waals surface area contributed by atoms with Crippen molar-refractivity contribution in [2.24, 2.45) is 5.92 Å². The van der Waals surface area contributed by atoms with Crippen LogP contribution in [-0.2, 0) is 9.53 Å². The smallest absolute Gasteiger partial charge is 0.233 e. The molecule has 0 N–H and O–H groups in total. The lowest BCUT2D eigenvalue weighted by Crippen LogP contribution is -2.47. The molecule has 0 saturated carbocycles. The molecule has 1 aliphatic rings. The Kier molecular flexibility index (Phi) is 4.19. The summed E-state index contributed by atoms with van der Waals surface area (Å²) in [6.45, 7) is 6.37. The minimum Gasteiger partial charge on any atom is -0.374 e. The Hall–Kier alpha value is -0.0900. The van der Waals surface area contributed by atoms with Gasteiger partial charge in [-0.2, -0.15) is 0 Å². The monoisotopic (exact) mass is 249 g/mol. The van der Waals surface area contributed by atoms with E-state index >= 15 is 0 Å². The lowest BCUT2D eigenvalue weighted by molar-refractivity contribution is -0.137. The first-order valence-corrected chi connectivity index (χ1v) is 5.72. The van der Waals surface area contributed by atoms with Crippen LogP contribution in [0.15, 0.2) is 0 Å². The Labute approximate surface area is 87.6 Å². The summed E-state index contributed by atoms with van der Waals surface area (Å²) >= 11 is 3.18. The molecular weight excluding hydrogens is 234 g/mol. The van der Waals surface area contributed by atoms with Gasteiger partial charge in [0.1, 0.15) is 0 Å². The van der Waals surface area contributed by atoms with Crippen molar-refractivity contribution >= 4 is 21.8 Å². The van der Waals surface area contributed by atoms with Gasteiger partial charge in [-0.05, 0) is 5.92 Å². The van der Waals surface area contributed by atoms with Crippen LogP contribution in [0.3, 0.4) is 0 Å². The summed E-state index contributed by atoms with van der Waals surface area (Å²) in [7, 11) is 0. The third kappa shape index (κ3) is 2.95. The number of hydrogen-bond donors (Lipinski definition) is 0. The summed E-state index contributed by atoms with van der Waals surface area (Å²) < 4.78 is 5.56. The number of morpholine rings is 1. The molecule has 3 nitrogen and oxygen atoms in total. The largest absolute Gasteiger partial charge is 0.374 e. The zero-order valence-corrected chi connectivity index (χ0v) is 9.71. The number of carbonyl (C=O) groups excluding carboxylic acids is 1. The van der Waals surface area contributed by atoms with Crippen LogP contribution in [0.5, 0.6) is 0 Å². The Bertz CT molecular complexity index is 184. The van der Waals surface area contributed by atoms with Crippen LogP contribution >= 0.6 is 15.9 Å². The molecule has 0 aromatic heterocycles. The summed E-state index contributed by atoms with van der Waals surface area (Å²) in [4.78, 5) is 13.2. The maximum Gasteiger partial charge on any atom is 0.233 e. The van der Waals surface area contributed by atoms with E-state index in [1.54, 1.807) is 0 Å². The van der Waals surface area contributed by atoms with Gasteiger partial charge < -0.3 is 9.64 Å². The summed E-state index contributed by atoms with van der Waals surface area (Å²) in [5.41, 5.74) is 0. The van der Waals surface area contributed by atoms with E-state index in [4.69, 9.17) is 4.74 Å². The molecule has 0 radical (unpaired) electrons. The quantitative estimate of drug-likeness (QED) is 0.690. The van der Waals surface area contributed by atoms with Gasteiger partial charge in [0, 0.05) is 13.1 Å². The van der Waals surface area contributed by atoms with Crippen LogP contribution in [0, 0.1) is 5.92 Å². The maximum absolute atomic E-state index is 11.4. The molecule has 1 saturated heterocycles. The molecule has 13 heavy (non-hydrogen) atoms. The van der Waals surface area contributed by atoms with E-state index in [0.29, 0.717) is 17.9 Å². The zero-order valence-electron chi connectivity index (χ0n) is 8.12. The van der Waals surface area contributed by atoms with Crippen molar-refractivity contribution in [2.75, 3.05) is 25.0 Å². The van der Waals surface area contributed by atoms with Gasteiger partial charge in [-0.1, -0.05) is 29.8 Å². The van der Waals surface area contributed by atoms with E-state index in [0.717, 1.165) is 13.1 Å². The summed E-state index contributed by atoms with van der Waals surface area (Å²) in [6, 6.07) is 0. The highest BCUT2D eigenvalue weighted by atomic mass is 79.9. The Balaban J connectivity index is 2.46. The molecule has 0 bridgehead atoms. The summed E-state index contributed by atoms with van der Waals surface area (Å²) in [5, 5.41) is 0.414. The molecule has 0 aliphatic carbocycles. The lowest BCUT2D eigenvalue weighted by Gasteiger charge is -2.34. The van der Waals surface area contributed by atoms with Crippen molar-refractivity contribution in [3.63, 3.8) is 0 Å². The zero-order chi connectivity index (χ0) is 9.84. The van der Waals surface area contributed by atoms with Gasteiger partial charge in [-0.3, -0.25) is 4.79 Å². The molecule has 0 spiro atoms. The number of amides is 1. The minimum absolute atomic E-state index is 0.161. The van der Waals surface area contributed by atoms with Gasteiger partial charge in [0.05, 0.1) is 18.0 Å². The number of alkyl halides is 1. The van der Waals surface area contributed by atoms with Gasteiger partial charge in [-0.15, -0.1) is 0 Å². The van der Waals surface area contributed by atoms with Crippen molar-refractivity contribution in [1.82, 2.24) is 4.90 Å². The average molecular weight is 250 g/mol. The molecule has 0 aromatic rings. The highest BCUT2D eigenvalue weighted by Gasteiger charge is 2.25. The normalized spacial score (nSPS) is 23.7. The molecule has 1 heterocycles. The number of hydrogen-bond acceptors (Lipinski definition) is 2. The molecule has 1 fully saturated rings. The number of ether oxygens (including phenoxy) is 1. The number of nitrogens with zero attached hydrogens (tertiary/aromatic N) is 1. The first-order chi connectivity index (χ1) is 6.15. The highest BCUT2D eigenvalue weighted by Crippen LogP contribution is 2.13. The molecule has 0 unspecified atom stereocenters. The molecule has 1 rings (SSSR count). The third-order valence-corrected chi connectivity index (χ3v) is 2.78. The Morgan fingerprint density at radius 3 is 2.92 bits per heavy atom. The van der Waals surface area contributed by atoms with Crippen LogP contribution in [0.25, 0.3) is 0 Å². The van der Waals surface area contributed by atoms with E-state index < -0.39 is 0 Å². The second-order valence-electron chi connectivity index (χ2n) is 3.63. The van der Waals surface area contributed by atoms with E-state index in [1.807, 2.05) is 4.90 Å². The number of carbonyl (C=O) groups is 1. The molecule has 1 atom stereocenters. The van der Waals surface area contributed by atoms with Crippen molar-refractivity contribution < 1.29 is 9.53 Å². The van der Waals surface area contributed by atoms with Gasteiger partial charge >= 0.3 is 0 Å². The number of rotatable bonds is 2. The topological polar surface area (TPSA) is 29.5 Å². The number of halogens is 1. The molecular formula is C9H16BrNO2. The molecule has 1 aliphatic heterocycles. The van der Waals surface area contributed by atoms with Crippen LogP contribution in [0.4, 0.5) is 0 Å². The van der Waals surface area contributed by atoms with E-state index in [9.17, 15) is 4.79 Å². The van der Waals surface area contributed by atoms with Gasteiger partial charge in [-0.25, -0.2) is 0 Å². The van der Waals surface area contributed by atoms with Gasteiger partial charge in [0.15, 0.2) is 0 Å². The van der Waals surface area contributed by atoms with Gasteiger partial charge in [0.2, 0.25) is 5.91 Å². The van der Waals surface area contributed by atoms with Crippen LogP contribution in [0.1, 0.15) is 13.8 Å². The fraction of sp³-hybridized carbons (Fsp3) is 0.889. The second-order valence-corrected chi connectivity index (χ2v) is 4.19. The first-order valence-electron chi connectivity index (χ1n) is 4.60. The SMILES string of the molecule is CC(C)[C@H]1CN(C(=O)CBr)CCO1. The van der Waals surface area contributed by atoms with E-state index in [2.05, 4.69) is 29.8 Å². The fourth-order valence-electron chi connectivity index (χ4n) is 1.39. The molecule has 0 aromatic carbocycles. The average Bonchev–Trinajstić information content (AvgIpc) is 2.17. The van der Waals surface area contributed by atoms with Crippen LogP contribution < -0.4 is 0 Å². The standard InChI is InChI=1S/C9H16BrNO2/c1-7(2)8-6-11(3-4-13-8)9(12)5-10/h7-8H,3-6H2,1-2H3/t8-/m1/s1. The van der Waals surface area contributed by atoms with Crippen LogP contribution in [-0.4, -0.2) is 41.9 Å². The Morgan fingerprint density at radius 2 is 2.38 bits per heavy atom. The van der Waals surface area contributed by atoms with Crippen LogP contribution in [0.2, 0.25) is 0 Å². The molecule has 1 amide bonds. The van der Waals surface area contributed by atoms with Crippen molar-refractivity contribution in [3.8, 4) is 0 Å². The summed E-state index contributed by atoms with van der Waals surface area (Å²) in [6.07, 6.45) is 0.205. The minimum atomic E-state index is 0.161. The van der Waals surface area contributed by atoms with Crippen molar-refractivity contribution in [2.45, 2.75) is 20.0 Å². The second kappa shape index (κ2) is 4.96. The fourth-order valence-corrected chi connectivity index (χ4v) is 1.74. The van der Waals surface area contributed by atoms with Gasteiger partial charge in [0.25, 0.3) is 0 Å². The van der Waals surface area contributed by atoms with E-state index in [-0.39, 0.29) is 12.0 Å². The van der Waals surface area contributed by atoms with E-state index in [1.165, 1.54) is 0 Å². The lowest BCUT2D eigenvalue weighted by atomic mass is 10.1. The molecule has 4 heteroatoms.